The normalized spacial score (nSPS) is 12.8. The van der Waals surface area contributed by atoms with Crippen molar-refractivity contribution >= 4 is 11.9 Å². The van der Waals surface area contributed by atoms with E-state index in [1.54, 1.807) is 39.0 Å². The highest BCUT2D eigenvalue weighted by molar-refractivity contribution is 5.77. The number of carbonyl (C=O) groups excluding carboxylic acids is 1. The molecular weight excluding hydrogens is 273 g/mol. The van der Waals surface area contributed by atoms with Crippen LogP contribution in [-0.2, 0) is 9.59 Å². The van der Waals surface area contributed by atoms with Crippen molar-refractivity contribution in [1.29, 1.82) is 0 Å². The summed E-state index contributed by atoms with van der Waals surface area (Å²) in [6.07, 6.45) is 0.524. The van der Waals surface area contributed by atoms with Crippen molar-refractivity contribution in [2.45, 2.75) is 39.5 Å². The molecule has 0 saturated heterocycles. The lowest BCUT2D eigenvalue weighted by atomic mass is 9.89. The second-order valence-electron chi connectivity index (χ2n) is 5.92. The molecule has 0 saturated carbocycles. The monoisotopic (exact) mass is 295 g/mol. The van der Waals surface area contributed by atoms with Crippen LogP contribution in [0, 0.1) is 11.2 Å². The van der Waals surface area contributed by atoms with Crippen molar-refractivity contribution < 1.29 is 19.1 Å². The zero-order valence-electron chi connectivity index (χ0n) is 12.6. The van der Waals surface area contributed by atoms with Crippen molar-refractivity contribution in [3.63, 3.8) is 0 Å². The van der Waals surface area contributed by atoms with E-state index >= 15 is 0 Å². The first kappa shape index (κ1) is 17.1. The van der Waals surface area contributed by atoms with E-state index in [2.05, 4.69) is 5.32 Å². The van der Waals surface area contributed by atoms with Crippen LogP contribution in [0.25, 0.3) is 0 Å². The van der Waals surface area contributed by atoms with Gasteiger partial charge in [0.25, 0.3) is 0 Å². The van der Waals surface area contributed by atoms with Gasteiger partial charge in [0.05, 0.1) is 5.41 Å². The number of halogens is 1. The van der Waals surface area contributed by atoms with Crippen LogP contribution in [0.3, 0.4) is 0 Å². The first-order valence-corrected chi connectivity index (χ1v) is 6.98. The van der Waals surface area contributed by atoms with Gasteiger partial charge in [-0.05, 0) is 37.8 Å². The Bertz CT molecular complexity index is 514. The molecule has 116 valence electrons. The number of aliphatic carboxylic acids is 1. The third kappa shape index (κ3) is 5.17. The molecule has 5 heteroatoms. The molecule has 0 aromatic heterocycles. The molecule has 1 rings (SSSR count). The van der Waals surface area contributed by atoms with Crippen LogP contribution >= 0.6 is 0 Å². The molecule has 1 amide bonds. The summed E-state index contributed by atoms with van der Waals surface area (Å²) in [5, 5.41) is 11.7. The van der Waals surface area contributed by atoms with Gasteiger partial charge in [-0.15, -0.1) is 0 Å². The summed E-state index contributed by atoms with van der Waals surface area (Å²) in [6.45, 7) is 5.31. The molecule has 0 spiro atoms. The van der Waals surface area contributed by atoms with Crippen molar-refractivity contribution in [1.82, 2.24) is 5.32 Å². The smallest absolute Gasteiger partial charge is 0.309 e. The number of carbonyl (C=O) groups is 2. The average Bonchev–Trinajstić information content (AvgIpc) is 2.38. The molecule has 0 aliphatic carbocycles. The van der Waals surface area contributed by atoms with Crippen LogP contribution in [0.15, 0.2) is 24.3 Å². The predicted octanol–water partition coefficient (Wildman–Crippen LogP) is 2.94. The Kier molecular flexibility index (Phi) is 5.88. The zero-order chi connectivity index (χ0) is 16.0. The van der Waals surface area contributed by atoms with Crippen molar-refractivity contribution in [3.8, 4) is 0 Å². The average molecular weight is 295 g/mol. The lowest BCUT2D eigenvalue weighted by Gasteiger charge is -2.19. The fourth-order valence-corrected chi connectivity index (χ4v) is 1.96. The van der Waals surface area contributed by atoms with Crippen LogP contribution in [0.4, 0.5) is 4.39 Å². The van der Waals surface area contributed by atoms with Gasteiger partial charge in [-0.3, -0.25) is 9.59 Å². The first-order chi connectivity index (χ1) is 9.74. The molecule has 4 nitrogen and oxygen atoms in total. The Hall–Kier alpha value is -1.91. The molecule has 21 heavy (non-hydrogen) atoms. The summed E-state index contributed by atoms with van der Waals surface area (Å²) >= 11 is 0. The fraction of sp³-hybridized carbons (Fsp3) is 0.500. The molecule has 0 fully saturated rings. The van der Waals surface area contributed by atoms with Gasteiger partial charge in [0, 0.05) is 13.0 Å². The minimum absolute atomic E-state index is 0.175. The maximum Gasteiger partial charge on any atom is 0.309 e. The summed E-state index contributed by atoms with van der Waals surface area (Å²) in [6, 6.07) is 6.39. The lowest BCUT2D eigenvalue weighted by Crippen LogP contribution is -2.32. The number of benzene rings is 1. The van der Waals surface area contributed by atoms with E-state index in [4.69, 9.17) is 5.11 Å². The third-order valence-corrected chi connectivity index (χ3v) is 3.58. The molecule has 2 N–H and O–H groups in total. The topological polar surface area (TPSA) is 66.4 Å². The molecule has 1 unspecified atom stereocenters. The van der Waals surface area contributed by atoms with E-state index in [1.165, 1.54) is 6.07 Å². The van der Waals surface area contributed by atoms with Crippen molar-refractivity contribution in [3.05, 3.63) is 35.6 Å². The van der Waals surface area contributed by atoms with Crippen LogP contribution in [0.2, 0.25) is 0 Å². The highest BCUT2D eigenvalue weighted by Crippen LogP contribution is 2.22. The van der Waals surface area contributed by atoms with Gasteiger partial charge in [-0.25, -0.2) is 4.39 Å². The van der Waals surface area contributed by atoms with E-state index in [9.17, 15) is 14.0 Å². The Morgan fingerprint density at radius 1 is 1.33 bits per heavy atom. The lowest BCUT2D eigenvalue weighted by molar-refractivity contribution is -0.147. The second kappa shape index (κ2) is 7.20. The Morgan fingerprint density at radius 2 is 1.95 bits per heavy atom. The minimum Gasteiger partial charge on any atom is -0.481 e. The van der Waals surface area contributed by atoms with Gasteiger partial charge in [0.15, 0.2) is 0 Å². The first-order valence-electron chi connectivity index (χ1n) is 6.98. The number of hydrogen-bond acceptors (Lipinski definition) is 2. The Balaban J connectivity index is 2.44. The summed E-state index contributed by atoms with van der Waals surface area (Å²) in [7, 11) is 0. The standard InChI is InChI=1S/C16H22FNO3/c1-11(12-6-4-5-7-13(12)17)10-14(19)18-9-8-16(2,3)15(20)21/h4-7,11H,8-10H2,1-3H3,(H,18,19)(H,20,21). The molecule has 0 aliphatic heterocycles. The van der Waals surface area contributed by atoms with E-state index in [1.807, 2.05) is 0 Å². The molecule has 1 aromatic carbocycles. The zero-order valence-corrected chi connectivity index (χ0v) is 12.6. The van der Waals surface area contributed by atoms with Gasteiger partial charge in [-0.2, -0.15) is 0 Å². The highest BCUT2D eigenvalue weighted by atomic mass is 19.1. The van der Waals surface area contributed by atoms with Gasteiger partial charge < -0.3 is 10.4 Å². The summed E-state index contributed by atoms with van der Waals surface area (Å²) in [4.78, 5) is 22.8. The largest absolute Gasteiger partial charge is 0.481 e. The Morgan fingerprint density at radius 3 is 2.52 bits per heavy atom. The van der Waals surface area contributed by atoms with Gasteiger partial charge in [-0.1, -0.05) is 25.1 Å². The maximum absolute atomic E-state index is 13.6. The molecular formula is C16H22FNO3. The number of hydrogen-bond donors (Lipinski definition) is 2. The van der Waals surface area contributed by atoms with Gasteiger partial charge in [0.1, 0.15) is 5.82 Å². The molecule has 1 atom stereocenters. The predicted molar refractivity (Wildman–Crippen MR) is 78.5 cm³/mol. The van der Waals surface area contributed by atoms with E-state index in [0.717, 1.165) is 0 Å². The summed E-state index contributed by atoms with van der Waals surface area (Å²) in [5.74, 6) is -1.63. The number of carboxylic acid groups (broad SMARTS) is 1. The summed E-state index contributed by atoms with van der Waals surface area (Å²) in [5.41, 5.74) is -0.358. The van der Waals surface area contributed by atoms with Crippen LogP contribution in [0.1, 0.15) is 45.1 Å². The quantitative estimate of drug-likeness (QED) is 0.812. The Labute approximate surface area is 124 Å². The SMILES string of the molecule is CC(CC(=O)NCCC(C)(C)C(=O)O)c1ccccc1F. The van der Waals surface area contributed by atoms with Crippen LogP contribution in [0.5, 0.6) is 0 Å². The van der Waals surface area contributed by atoms with Crippen LogP contribution < -0.4 is 5.32 Å². The number of nitrogens with one attached hydrogen (secondary N) is 1. The van der Waals surface area contributed by atoms with E-state index in [-0.39, 0.29) is 24.1 Å². The van der Waals surface area contributed by atoms with Crippen molar-refractivity contribution in [2.24, 2.45) is 5.41 Å². The van der Waals surface area contributed by atoms with E-state index < -0.39 is 11.4 Å². The molecule has 0 bridgehead atoms. The molecule has 0 aliphatic rings. The number of rotatable bonds is 7. The maximum atomic E-state index is 13.6. The molecule has 0 radical (unpaired) electrons. The van der Waals surface area contributed by atoms with Gasteiger partial charge in [0.2, 0.25) is 5.91 Å². The van der Waals surface area contributed by atoms with Gasteiger partial charge >= 0.3 is 5.97 Å². The summed E-state index contributed by atoms with van der Waals surface area (Å²) < 4.78 is 13.6. The molecule has 1 aromatic rings. The minimum atomic E-state index is -0.892. The number of amides is 1. The fourth-order valence-electron chi connectivity index (χ4n) is 1.96. The van der Waals surface area contributed by atoms with E-state index in [0.29, 0.717) is 18.5 Å². The van der Waals surface area contributed by atoms with Crippen molar-refractivity contribution in [2.75, 3.05) is 6.54 Å². The third-order valence-electron chi connectivity index (χ3n) is 3.58. The number of carboxylic acids is 1. The highest BCUT2D eigenvalue weighted by Gasteiger charge is 2.26. The van der Waals surface area contributed by atoms with Crippen LogP contribution in [-0.4, -0.2) is 23.5 Å². The molecule has 0 heterocycles. The second-order valence-corrected chi connectivity index (χ2v) is 5.92.